The van der Waals surface area contributed by atoms with E-state index < -0.39 is 23.8 Å². The molecule has 8 heteroatoms. The third-order valence-corrected chi connectivity index (χ3v) is 4.49. The maximum atomic E-state index is 13.2. The number of hydrogen-bond donors (Lipinski definition) is 2. The smallest absolute Gasteiger partial charge is 0.417 e. The molecule has 0 aromatic heterocycles. The average molecular weight is 422 g/mol. The second-order valence-electron chi connectivity index (χ2n) is 6.64. The van der Waals surface area contributed by atoms with Gasteiger partial charge in [-0.2, -0.15) is 13.2 Å². The Morgan fingerprint density at radius 2 is 1.97 bits per heavy atom. The summed E-state index contributed by atoms with van der Waals surface area (Å²) in [7, 11) is 1.57. The summed E-state index contributed by atoms with van der Waals surface area (Å²) in [4.78, 5) is 12.6. The molecule has 2 rings (SSSR count). The molecule has 2 N–H and O–H groups in total. The minimum Gasteiger partial charge on any atom is -0.496 e. The van der Waals surface area contributed by atoms with Crippen molar-refractivity contribution in [1.29, 1.82) is 5.41 Å². The number of benzene rings is 2. The molecule has 1 unspecified atom stereocenters. The maximum absolute atomic E-state index is 13.2. The number of carbonyl (C=O) groups is 1. The highest BCUT2D eigenvalue weighted by Gasteiger charge is 2.33. The van der Waals surface area contributed by atoms with E-state index in [1.54, 1.807) is 7.11 Å². The second kappa shape index (κ2) is 10.7. The molecular formula is C22H25F3N2O3. The number of carbonyl (C=O) groups excluding carboxylic acids is 1. The van der Waals surface area contributed by atoms with E-state index in [0.29, 0.717) is 32.0 Å². The third-order valence-electron chi connectivity index (χ3n) is 4.49. The van der Waals surface area contributed by atoms with Gasteiger partial charge in [-0.05, 0) is 42.7 Å². The second-order valence-corrected chi connectivity index (χ2v) is 6.64. The molecular weight excluding hydrogens is 397 g/mol. The fourth-order valence-corrected chi connectivity index (χ4v) is 2.99. The third kappa shape index (κ3) is 6.23. The normalized spacial score (nSPS) is 12.2. The molecule has 0 radical (unpaired) electrons. The van der Waals surface area contributed by atoms with Gasteiger partial charge in [-0.1, -0.05) is 31.5 Å². The number of hydrogen-bond acceptors (Lipinski definition) is 4. The van der Waals surface area contributed by atoms with Crippen LogP contribution in [0, 0.1) is 5.41 Å². The summed E-state index contributed by atoms with van der Waals surface area (Å²) in [5.41, 5.74) is -0.296. The van der Waals surface area contributed by atoms with E-state index in [0.717, 1.165) is 23.4 Å². The van der Waals surface area contributed by atoms with Crippen LogP contribution >= 0.6 is 0 Å². The van der Waals surface area contributed by atoms with E-state index in [-0.39, 0.29) is 11.3 Å². The Kier molecular flexibility index (Phi) is 8.26. The fourth-order valence-electron chi connectivity index (χ4n) is 2.99. The average Bonchev–Trinajstić information content (AvgIpc) is 2.73. The lowest BCUT2D eigenvalue weighted by Gasteiger charge is -2.20. The topological polar surface area (TPSA) is 71.4 Å². The van der Waals surface area contributed by atoms with Gasteiger partial charge in [-0.3, -0.25) is 4.79 Å². The van der Waals surface area contributed by atoms with Crippen LogP contribution in [0.15, 0.2) is 42.5 Å². The van der Waals surface area contributed by atoms with E-state index in [1.165, 1.54) is 6.07 Å². The minimum absolute atomic E-state index is 0.0637. The van der Waals surface area contributed by atoms with E-state index in [1.807, 2.05) is 31.2 Å². The Morgan fingerprint density at radius 3 is 2.60 bits per heavy atom. The molecule has 0 heterocycles. The summed E-state index contributed by atoms with van der Waals surface area (Å²) < 4.78 is 50.5. The zero-order valence-electron chi connectivity index (χ0n) is 16.9. The number of halogens is 3. The first-order valence-electron chi connectivity index (χ1n) is 9.58. The Labute approximate surface area is 173 Å². The maximum Gasteiger partial charge on any atom is 0.417 e. The van der Waals surface area contributed by atoms with E-state index in [2.05, 4.69) is 5.32 Å². The summed E-state index contributed by atoms with van der Waals surface area (Å²) in [6.45, 7) is 2.20. The molecule has 2 aromatic carbocycles. The molecule has 0 saturated heterocycles. The molecule has 0 fully saturated rings. The van der Waals surface area contributed by atoms with Crippen molar-refractivity contribution in [1.82, 2.24) is 5.32 Å². The quantitative estimate of drug-likeness (QED) is 0.549. The number of ether oxygens (including phenoxy) is 2. The van der Waals surface area contributed by atoms with Crippen molar-refractivity contribution in [3.05, 3.63) is 59.2 Å². The summed E-state index contributed by atoms with van der Waals surface area (Å²) in [6, 6.07) is 10.8. The van der Waals surface area contributed by atoms with Crippen LogP contribution in [0.5, 0.6) is 11.5 Å². The Hall–Kier alpha value is -3.03. The van der Waals surface area contributed by atoms with Crippen LogP contribution in [0.3, 0.4) is 0 Å². The zero-order valence-corrected chi connectivity index (χ0v) is 16.9. The SMILES string of the molecule is CCCC(Oc1ccc(C=N)c(C(F)(F)F)c1)C(=O)NCCc1ccccc1OC. The molecule has 1 amide bonds. The van der Waals surface area contributed by atoms with Gasteiger partial charge in [0.25, 0.3) is 5.91 Å². The van der Waals surface area contributed by atoms with Crippen molar-refractivity contribution in [2.45, 2.75) is 38.5 Å². The highest BCUT2D eigenvalue weighted by Crippen LogP contribution is 2.34. The molecule has 30 heavy (non-hydrogen) atoms. The van der Waals surface area contributed by atoms with Crippen LogP contribution in [0.1, 0.15) is 36.5 Å². The molecule has 0 spiro atoms. The Morgan fingerprint density at radius 1 is 1.23 bits per heavy atom. The largest absolute Gasteiger partial charge is 0.496 e. The predicted octanol–water partition coefficient (Wildman–Crippen LogP) is 4.62. The van der Waals surface area contributed by atoms with Gasteiger partial charge >= 0.3 is 6.18 Å². The van der Waals surface area contributed by atoms with E-state index in [4.69, 9.17) is 14.9 Å². The molecule has 0 aliphatic carbocycles. The summed E-state index contributed by atoms with van der Waals surface area (Å²) in [5.74, 6) is 0.266. The van der Waals surface area contributed by atoms with Crippen molar-refractivity contribution < 1.29 is 27.4 Å². The molecule has 5 nitrogen and oxygen atoms in total. The molecule has 1 atom stereocenters. The number of para-hydroxylation sites is 1. The van der Waals surface area contributed by atoms with Crippen LogP contribution in [-0.4, -0.2) is 31.9 Å². The highest BCUT2D eigenvalue weighted by atomic mass is 19.4. The van der Waals surface area contributed by atoms with Gasteiger partial charge in [0.05, 0.1) is 12.7 Å². The molecule has 0 aliphatic heterocycles. The lowest BCUT2D eigenvalue weighted by atomic mass is 10.1. The first-order chi connectivity index (χ1) is 14.3. The molecule has 0 saturated carbocycles. The zero-order chi connectivity index (χ0) is 22.1. The van der Waals surface area contributed by atoms with E-state index >= 15 is 0 Å². The van der Waals surface area contributed by atoms with Crippen LogP contribution in [0.25, 0.3) is 0 Å². The number of nitrogens with one attached hydrogen (secondary N) is 2. The van der Waals surface area contributed by atoms with Crippen molar-refractivity contribution in [2.75, 3.05) is 13.7 Å². The van der Waals surface area contributed by atoms with Crippen molar-refractivity contribution in [2.24, 2.45) is 0 Å². The van der Waals surface area contributed by atoms with Crippen molar-refractivity contribution in [3.8, 4) is 11.5 Å². The van der Waals surface area contributed by atoms with E-state index in [9.17, 15) is 18.0 Å². The van der Waals surface area contributed by atoms with Crippen LogP contribution in [0.4, 0.5) is 13.2 Å². The molecule has 2 aromatic rings. The lowest BCUT2D eigenvalue weighted by molar-refractivity contribution is -0.137. The highest BCUT2D eigenvalue weighted by molar-refractivity contribution is 5.82. The summed E-state index contributed by atoms with van der Waals surface area (Å²) >= 11 is 0. The first-order valence-corrected chi connectivity index (χ1v) is 9.58. The standard InChI is InChI=1S/C22H25F3N2O3/c1-3-6-20(21(28)27-12-11-15-7-4-5-8-19(15)29-2)30-17-10-9-16(14-26)18(13-17)22(23,24)25/h4-5,7-10,13-14,20,26H,3,6,11-12H2,1-2H3,(H,27,28). The number of methoxy groups -OCH3 is 1. The monoisotopic (exact) mass is 422 g/mol. The lowest BCUT2D eigenvalue weighted by Crippen LogP contribution is -2.39. The minimum atomic E-state index is -4.62. The van der Waals surface area contributed by atoms with Gasteiger partial charge in [0.15, 0.2) is 6.10 Å². The summed E-state index contributed by atoms with van der Waals surface area (Å²) in [6.07, 6.45) is -3.38. The van der Waals surface area contributed by atoms with Crippen LogP contribution in [0.2, 0.25) is 0 Å². The van der Waals surface area contributed by atoms with Gasteiger partial charge in [-0.25, -0.2) is 0 Å². The first kappa shape index (κ1) is 23.3. The van der Waals surface area contributed by atoms with Crippen molar-refractivity contribution >= 4 is 12.1 Å². The van der Waals surface area contributed by atoms with Crippen LogP contribution < -0.4 is 14.8 Å². The Balaban J connectivity index is 2.06. The fraction of sp³-hybridized carbons (Fsp3) is 0.364. The van der Waals surface area contributed by atoms with Crippen LogP contribution in [-0.2, 0) is 17.4 Å². The number of amides is 1. The number of alkyl halides is 3. The molecule has 0 aliphatic rings. The van der Waals surface area contributed by atoms with Gasteiger partial charge in [0.1, 0.15) is 11.5 Å². The predicted molar refractivity (Wildman–Crippen MR) is 108 cm³/mol. The number of rotatable bonds is 10. The summed E-state index contributed by atoms with van der Waals surface area (Å²) in [5, 5.41) is 9.93. The Bertz CT molecular complexity index is 869. The van der Waals surface area contributed by atoms with Gasteiger partial charge in [-0.15, -0.1) is 0 Å². The molecule has 0 bridgehead atoms. The van der Waals surface area contributed by atoms with Gasteiger partial charge in [0, 0.05) is 18.3 Å². The molecule has 162 valence electrons. The van der Waals surface area contributed by atoms with Gasteiger partial charge < -0.3 is 20.2 Å². The van der Waals surface area contributed by atoms with Gasteiger partial charge in [0.2, 0.25) is 0 Å². The van der Waals surface area contributed by atoms with Crippen molar-refractivity contribution in [3.63, 3.8) is 0 Å².